The van der Waals surface area contributed by atoms with Gasteiger partial charge in [-0.15, -0.1) is 0 Å². The smallest absolute Gasteiger partial charge is 0.0178 e. The molecule has 4 rings (SSSR count). The van der Waals surface area contributed by atoms with E-state index in [9.17, 15) is 0 Å². The van der Waals surface area contributed by atoms with Gasteiger partial charge < -0.3 is 0 Å². The third-order valence-electron chi connectivity index (χ3n) is 3.83. The molecule has 0 saturated heterocycles. The molecule has 0 aromatic rings. The molecule has 94 valence electrons. The van der Waals surface area contributed by atoms with Crippen molar-refractivity contribution in [2.75, 3.05) is 0 Å². The molecule has 0 radical (unpaired) electrons. The van der Waals surface area contributed by atoms with Crippen LogP contribution in [0.3, 0.4) is 0 Å². The van der Waals surface area contributed by atoms with Gasteiger partial charge in [-0.25, -0.2) is 0 Å². The molecule has 0 bridgehead atoms. The Morgan fingerprint density at radius 1 is 0.300 bits per heavy atom. The molecule has 0 aromatic carbocycles. The molecule has 4 aliphatic rings. The molecule has 0 saturated carbocycles. The lowest BCUT2D eigenvalue weighted by Gasteiger charge is -1.98. The summed E-state index contributed by atoms with van der Waals surface area (Å²) in [6, 6.07) is 30.3. The van der Waals surface area contributed by atoms with Crippen LogP contribution >= 0.6 is 0 Å². The lowest BCUT2D eigenvalue weighted by molar-refractivity contribution is 1.72. The molecule has 0 aliphatic heterocycles. The van der Waals surface area contributed by atoms with E-state index in [1.807, 2.05) is 0 Å². The minimum atomic E-state index is 1.25. The van der Waals surface area contributed by atoms with Crippen molar-refractivity contribution < 1.29 is 0 Å². The summed E-state index contributed by atoms with van der Waals surface area (Å²) >= 11 is 0. The van der Waals surface area contributed by atoms with Gasteiger partial charge in [-0.2, -0.15) is 0 Å². The first-order chi connectivity index (χ1) is 9.90. The maximum Gasteiger partial charge on any atom is -0.0178 e. The molecular formula is C20H14. The molecule has 0 fully saturated rings. The van der Waals surface area contributed by atoms with Gasteiger partial charge in [0.15, 0.2) is 0 Å². The summed E-state index contributed by atoms with van der Waals surface area (Å²) in [5, 5.41) is 0. The van der Waals surface area contributed by atoms with Gasteiger partial charge in [-0.05, 0) is 45.5 Å². The minimum absolute atomic E-state index is 1.25. The summed E-state index contributed by atoms with van der Waals surface area (Å²) in [5.41, 5.74) is 7.66. The Balaban J connectivity index is 1.92. The Labute approximate surface area is 119 Å². The SMILES string of the molecule is c1cc2cccc(-c3cccc4cccc-4c3)cc-2c1. The zero-order chi connectivity index (χ0) is 13.4. The summed E-state index contributed by atoms with van der Waals surface area (Å²) in [6.45, 7) is 0. The monoisotopic (exact) mass is 254 g/mol. The highest BCUT2D eigenvalue weighted by atomic mass is 14.1. The van der Waals surface area contributed by atoms with Crippen molar-refractivity contribution >= 4 is 0 Å². The van der Waals surface area contributed by atoms with Crippen LogP contribution in [0.1, 0.15) is 0 Å². The molecule has 0 spiro atoms. The molecule has 0 aromatic heterocycles. The standard InChI is InChI=1S/C20H14/c1-5-15-7-3-11-19(13-17(15)9-1)20-12-4-8-16-6-2-10-18(16)14-20/h1-14H. The van der Waals surface area contributed by atoms with Crippen LogP contribution in [0.2, 0.25) is 0 Å². The van der Waals surface area contributed by atoms with Crippen LogP contribution in [-0.2, 0) is 0 Å². The molecule has 0 amide bonds. The second-order valence-corrected chi connectivity index (χ2v) is 5.12. The second kappa shape index (κ2) is 4.50. The number of fused-ring (bicyclic) bond motifs is 2. The second-order valence-electron chi connectivity index (χ2n) is 5.12. The average Bonchev–Trinajstić information content (AvgIpc) is 2.97. The van der Waals surface area contributed by atoms with Crippen LogP contribution in [-0.4, -0.2) is 0 Å². The van der Waals surface area contributed by atoms with Crippen LogP contribution in [0.4, 0.5) is 0 Å². The molecule has 0 N–H and O–H groups in total. The Morgan fingerprint density at radius 3 is 0.900 bits per heavy atom. The van der Waals surface area contributed by atoms with Crippen LogP contribution in [0, 0.1) is 0 Å². The highest BCUT2D eigenvalue weighted by Gasteiger charge is 2.05. The topological polar surface area (TPSA) is 0 Å². The lowest BCUT2D eigenvalue weighted by Crippen LogP contribution is -1.72. The van der Waals surface area contributed by atoms with E-state index >= 15 is 0 Å². The van der Waals surface area contributed by atoms with Crippen molar-refractivity contribution in [1.29, 1.82) is 0 Å². The summed E-state index contributed by atoms with van der Waals surface area (Å²) in [5.74, 6) is 0. The highest BCUT2D eigenvalue weighted by molar-refractivity contribution is 5.77. The lowest BCUT2D eigenvalue weighted by atomic mass is 10.1. The Hall–Kier alpha value is -2.60. The van der Waals surface area contributed by atoms with Gasteiger partial charge in [0.1, 0.15) is 0 Å². The van der Waals surface area contributed by atoms with E-state index in [1.54, 1.807) is 0 Å². The molecule has 20 heavy (non-hydrogen) atoms. The zero-order valence-electron chi connectivity index (χ0n) is 11.1. The van der Waals surface area contributed by atoms with Crippen molar-refractivity contribution in [3.63, 3.8) is 0 Å². The molecule has 0 heteroatoms. The van der Waals surface area contributed by atoms with Crippen molar-refractivity contribution in [3.05, 3.63) is 84.9 Å². The van der Waals surface area contributed by atoms with Crippen LogP contribution < -0.4 is 0 Å². The maximum atomic E-state index is 2.26. The summed E-state index contributed by atoms with van der Waals surface area (Å²) in [4.78, 5) is 0. The van der Waals surface area contributed by atoms with E-state index in [0.717, 1.165) is 0 Å². The van der Waals surface area contributed by atoms with Crippen molar-refractivity contribution in [2.45, 2.75) is 0 Å². The van der Waals surface area contributed by atoms with E-state index in [1.165, 1.54) is 33.4 Å². The van der Waals surface area contributed by atoms with Crippen molar-refractivity contribution in [1.82, 2.24) is 0 Å². The molecule has 0 unspecified atom stereocenters. The Kier molecular flexibility index (Phi) is 2.53. The first-order valence-corrected chi connectivity index (χ1v) is 6.88. The quantitative estimate of drug-likeness (QED) is 0.417. The van der Waals surface area contributed by atoms with Gasteiger partial charge in [-0.1, -0.05) is 72.8 Å². The van der Waals surface area contributed by atoms with Gasteiger partial charge in [0, 0.05) is 0 Å². The van der Waals surface area contributed by atoms with Gasteiger partial charge in [0.25, 0.3) is 0 Å². The largest absolute Gasteiger partial charge is 0.0610 e. The fourth-order valence-corrected chi connectivity index (χ4v) is 2.76. The van der Waals surface area contributed by atoms with Gasteiger partial charge >= 0.3 is 0 Å². The van der Waals surface area contributed by atoms with Gasteiger partial charge in [-0.3, -0.25) is 0 Å². The van der Waals surface area contributed by atoms with E-state index in [-0.39, 0.29) is 0 Å². The third kappa shape index (κ3) is 1.86. The molecule has 0 nitrogen and oxygen atoms in total. The first-order valence-electron chi connectivity index (χ1n) is 6.88. The van der Waals surface area contributed by atoms with Crippen molar-refractivity contribution in [3.8, 4) is 33.4 Å². The highest BCUT2D eigenvalue weighted by Crippen LogP contribution is 2.30. The molecule has 0 heterocycles. The molecular weight excluding hydrogens is 240 g/mol. The molecule has 0 atom stereocenters. The maximum absolute atomic E-state index is 2.26. The van der Waals surface area contributed by atoms with Gasteiger partial charge in [0.05, 0.1) is 0 Å². The Morgan fingerprint density at radius 2 is 0.550 bits per heavy atom. The van der Waals surface area contributed by atoms with Crippen LogP contribution in [0.5, 0.6) is 0 Å². The van der Waals surface area contributed by atoms with E-state index < -0.39 is 0 Å². The van der Waals surface area contributed by atoms with E-state index in [2.05, 4.69) is 84.9 Å². The fourth-order valence-electron chi connectivity index (χ4n) is 2.76. The fraction of sp³-hybridized carbons (Fsp3) is 0. The van der Waals surface area contributed by atoms with E-state index in [0.29, 0.717) is 0 Å². The van der Waals surface area contributed by atoms with Crippen LogP contribution in [0.15, 0.2) is 84.9 Å². The summed E-state index contributed by atoms with van der Waals surface area (Å²) in [6.07, 6.45) is 0. The third-order valence-corrected chi connectivity index (χ3v) is 3.83. The predicted molar refractivity (Wildman–Crippen MR) is 85.1 cm³/mol. The number of hydrogen-bond acceptors (Lipinski definition) is 0. The van der Waals surface area contributed by atoms with Crippen molar-refractivity contribution in [2.24, 2.45) is 0 Å². The summed E-state index contributed by atoms with van der Waals surface area (Å²) < 4.78 is 0. The summed E-state index contributed by atoms with van der Waals surface area (Å²) in [7, 11) is 0. The number of hydrogen-bond donors (Lipinski definition) is 0. The van der Waals surface area contributed by atoms with E-state index in [4.69, 9.17) is 0 Å². The number of rotatable bonds is 1. The van der Waals surface area contributed by atoms with Crippen LogP contribution in [0.25, 0.3) is 33.4 Å². The van der Waals surface area contributed by atoms with Gasteiger partial charge in [0.2, 0.25) is 0 Å². The molecule has 4 aliphatic carbocycles. The minimum Gasteiger partial charge on any atom is -0.0610 e. The average molecular weight is 254 g/mol. The Bertz CT molecular complexity index is 743. The first kappa shape index (κ1) is 11.2. The predicted octanol–water partition coefficient (Wildman–Crippen LogP) is 5.56. The zero-order valence-corrected chi connectivity index (χ0v) is 11.1. The normalized spacial score (nSPS) is 11.0.